The first kappa shape index (κ1) is 12.2. The van der Waals surface area contributed by atoms with E-state index < -0.39 is 0 Å². The van der Waals surface area contributed by atoms with Crippen molar-refractivity contribution in [2.75, 3.05) is 4.90 Å². The van der Waals surface area contributed by atoms with Crippen LogP contribution in [0.3, 0.4) is 0 Å². The maximum Gasteiger partial charge on any atom is 0.0461 e. The lowest BCUT2D eigenvalue weighted by Gasteiger charge is -2.25. The molecule has 104 valence electrons. The molecule has 3 rings (SSSR count). The van der Waals surface area contributed by atoms with Crippen LogP contribution in [0.1, 0.15) is 13.9 Å². The van der Waals surface area contributed by atoms with E-state index >= 15 is 0 Å². The van der Waals surface area contributed by atoms with Gasteiger partial charge in [-0.1, -0.05) is 55.5 Å². The standard InChI is InChI=1S/C20H19N/c1-2-17-13-15-20(16-14-17)21(18-9-5-3-6-10-18)19-11-7-4-8-12-19/h3-16H,2H2,1H3/i2D. The van der Waals surface area contributed by atoms with Crippen LogP contribution >= 0.6 is 0 Å². The minimum atomic E-state index is -0.198. The van der Waals surface area contributed by atoms with Crippen LogP contribution in [0.5, 0.6) is 0 Å². The van der Waals surface area contributed by atoms with Gasteiger partial charge in [0.2, 0.25) is 0 Å². The number of aryl methyl sites for hydroxylation is 1. The van der Waals surface area contributed by atoms with Crippen LogP contribution in [0.15, 0.2) is 84.9 Å². The maximum absolute atomic E-state index is 7.81. The molecule has 1 nitrogen and oxygen atoms in total. The third kappa shape index (κ3) is 2.97. The molecular weight excluding hydrogens is 254 g/mol. The van der Waals surface area contributed by atoms with Crippen molar-refractivity contribution >= 4 is 17.1 Å². The first-order chi connectivity index (χ1) is 10.8. The minimum Gasteiger partial charge on any atom is -0.311 e. The lowest BCUT2D eigenvalue weighted by Crippen LogP contribution is -2.09. The number of hydrogen-bond acceptors (Lipinski definition) is 1. The number of nitrogens with zero attached hydrogens (tertiary/aromatic N) is 1. The van der Waals surface area contributed by atoms with E-state index in [4.69, 9.17) is 1.37 Å². The first-order valence-electron chi connectivity index (χ1n) is 7.76. The number of para-hydroxylation sites is 2. The fourth-order valence-electron chi connectivity index (χ4n) is 2.42. The first-order valence-corrected chi connectivity index (χ1v) is 7.18. The molecule has 0 aliphatic carbocycles. The molecule has 0 amide bonds. The Labute approximate surface area is 127 Å². The Bertz CT molecular complexity index is 666. The molecule has 21 heavy (non-hydrogen) atoms. The van der Waals surface area contributed by atoms with Gasteiger partial charge in [0.15, 0.2) is 0 Å². The second-order valence-electron chi connectivity index (χ2n) is 4.89. The van der Waals surface area contributed by atoms with Gasteiger partial charge in [0.25, 0.3) is 0 Å². The Hall–Kier alpha value is -2.54. The van der Waals surface area contributed by atoms with Gasteiger partial charge in [0, 0.05) is 18.4 Å². The van der Waals surface area contributed by atoms with E-state index in [-0.39, 0.29) is 6.40 Å². The number of benzene rings is 3. The fraction of sp³-hybridized carbons (Fsp3) is 0.100. The fourth-order valence-corrected chi connectivity index (χ4v) is 2.42. The Kier molecular flexibility index (Phi) is 3.65. The zero-order valence-electron chi connectivity index (χ0n) is 13.1. The van der Waals surface area contributed by atoms with Crippen molar-refractivity contribution in [1.29, 1.82) is 0 Å². The third-order valence-corrected chi connectivity index (χ3v) is 3.51. The Morgan fingerprint density at radius 2 is 1.10 bits per heavy atom. The van der Waals surface area contributed by atoms with Crippen LogP contribution in [0.2, 0.25) is 0 Å². The van der Waals surface area contributed by atoms with Crippen molar-refractivity contribution in [3.8, 4) is 0 Å². The van der Waals surface area contributed by atoms with Crippen LogP contribution in [0, 0.1) is 0 Å². The van der Waals surface area contributed by atoms with Crippen molar-refractivity contribution < 1.29 is 1.37 Å². The van der Waals surface area contributed by atoms with Crippen LogP contribution in [0.25, 0.3) is 0 Å². The summed E-state index contributed by atoms with van der Waals surface area (Å²) in [7, 11) is 0. The molecule has 1 atom stereocenters. The molecule has 3 aromatic rings. The average Bonchev–Trinajstić information content (AvgIpc) is 2.57. The Morgan fingerprint density at radius 3 is 1.52 bits per heavy atom. The predicted molar refractivity (Wildman–Crippen MR) is 90.5 cm³/mol. The molecule has 0 spiro atoms. The molecule has 0 fully saturated rings. The Morgan fingerprint density at radius 1 is 0.667 bits per heavy atom. The van der Waals surface area contributed by atoms with Crippen molar-refractivity contribution in [2.45, 2.75) is 13.3 Å². The maximum atomic E-state index is 7.81. The summed E-state index contributed by atoms with van der Waals surface area (Å²) in [6.07, 6.45) is -0.198. The average molecular weight is 274 g/mol. The summed E-state index contributed by atoms with van der Waals surface area (Å²) in [5, 5.41) is 0. The van der Waals surface area contributed by atoms with Gasteiger partial charge in [-0.25, -0.2) is 0 Å². The summed E-state index contributed by atoms with van der Waals surface area (Å²) in [6, 6.07) is 28.9. The van der Waals surface area contributed by atoms with Crippen molar-refractivity contribution in [2.24, 2.45) is 0 Å². The van der Waals surface area contributed by atoms with E-state index in [2.05, 4.69) is 41.3 Å². The molecular formula is C20H19N. The van der Waals surface area contributed by atoms with Crippen LogP contribution in [0.4, 0.5) is 17.1 Å². The topological polar surface area (TPSA) is 3.24 Å². The molecule has 1 unspecified atom stereocenters. The zero-order chi connectivity index (χ0) is 15.4. The second-order valence-corrected chi connectivity index (χ2v) is 4.89. The van der Waals surface area contributed by atoms with E-state index in [0.29, 0.717) is 0 Å². The van der Waals surface area contributed by atoms with Gasteiger partial charge in [-0.15, -0.1) is 0 Å². The molecule has 0 saturated heterocycles. The van der Waals surface area contributed by atoms with E-state index in [0.717, 1.165) is 22.6 Å². The highest BCUT2D eigenvalue weighted by molar-refractivity contribution is 5.76. The molecule has 0 aromatic heterocycles. The monoisotopic (exact) mass is 274 g/mol. The number of rotatable bonds is 4. The van der Waals surface area contributed by atoms with E-state index in [1.54, 1.807) is 0 Å². The van der Waals surface area contributed by atoms with Gasteiger partial charge >= 0.3 is 0 Å². The lowest BCUT2D eigenvalue weighted by molar-refractivity contribution is 1.14. The van der Waals surface area contributed by atoms with Gasteiger partial charge in [-0.05, 0) is 48.4 Å². The normalized spacial score (nSPS) is 12.5. The highest BCUT2D eigenvalue weighted by atomic mass is 15.1. The summed E-state index contributed by atoms with van der Waals surface area (Å²) < 4.78 is 7.81. The van der Waals surface area contributed by atoms with Crippen LogP contribution in [-0.4, -0.2) is 0 Å². The molecule has 0 saturated carbocycles. The highest BCUT2D eigenvalue weighted by Crippen LogP contribution is 2.33. The van der Waals surface area contributed by atoms with Gasteiger partial charge in [-0.2, -0.15) is 0 Å². The van der Waals surface area contributed by atoms with Gasteiger partial charge in [0.1, 0.15) is 0 Å². The zero-order valence-corrected chi connectivity index (χ0v) is 12.1. The van der Waals surface area contributed by atoms with Crippen LogP contribution in [-0.2, 0) is 6.40 Å². The van der Waals surface area contributed by atoms with Gasteiger partial charge < -0.3 is 4.90 Å². The summed E-state index contributed by atoms with van der Waals surface area (Å²) in [6.45, 7) is 1.89. The largest absolute Gasteiger partial charge is 0.311 e. The van der Waals surface area contributed by atoms with Crippen molar-refractivity contribution in [3.05, 3.63) is 90.5 Å². The van der Waals surface area contributed by atoms with E-state index in [9.17, 15) is 0 Å². The molecule has 0 N–H and O–H groups in total. The Balaban J connectivity index is 2.06. The lowest BCUT2D eigenvalue weighted by atomic mass is 10.1. The van der Waals surface area contributed by atoms with Crippen LogP contribution < -0.4 is 4.90 Å². The summed E-state index contributed by atoms with van der Waals surface area (Å²) in [5.41, 5.74) is 4.38. The van der Waals surface area contributed by atoms with Gasteiger partial charge in [-0.3, -0.25) is 0 Å². The SMILES string of the molecule is [2H]C(C)c1ccc(N(c2ccccc2)c2ccccc2)cc1. The third-order valence-electron chi connectivity index (χ3n) is 3.51. The number of hydrogen-bond donors (Lipinski definition) is 0. The second kappa shape index (κ2) is 6.27. The van der Waals surface area contributed by atoms with E-state index in [1.807, 2.05) is 55.5 Å². The summed E-state index contributed by atoms with van der Waals surface area (Å²) >= 11 is 0. The van der Waals surface area contributed by atoms with Crippen molar-refractivity contribution in [1.82, 2.24) is 0 Å². The molecule has 0 radical (unpaired) electrons. The quantitative estimate of drug-likeness (QED) is 0.588. The molecule has 1 heteroatoms. The van der Waals surface area contributed by atoms with Gasteiger partial charge in [0.05, 0.1) is 0 Å². The smallest absolute Gasteiger partial charge is 0.0461 e. The predicted octanol–water partition coefficient (Wildman–Crippen LogP) is 5.72. The minimum absolute atomic E-state index is 0.198. The summed E-state index contributed by atoms with van der Waals surface area (Å²) in [5.74, 6) is 0. The summed E-state index contributed by atoms with van der Waals surface area (Å²) in [4.78, 5) is 2.22. The number of anilines is 3. The molecule has 0 bridgehead atoms. The van der Waals surface area contributed by atoms with E-state index in [1.165, 1.54) is 0 Å². The molecule has 0 heterocycles. The van der Waals surface area contributed by atoms with Crippen molar-refractivity contribution in [3.63, 3.8) is 0 Å². The highest BCUT2D eigenvalue weighted by Gasteiger charge is 2.10. The molecule has 0 aliphatic heterocycles. The molecule has 0 aliphatic rings. The molecule has 3 aromatic carbocycles.